The molecule has 1 aromatic carbocycles. The van der Waals surface area contributed by atoms with Crippen molar-refractivity contribution in [3.05, 3.63) is 54.2 Å². The van der Waals surface area contributed by atoms with Crippen molar-refractivity contribution < 1.29 is 9.84 Å². The lowest BCUT2D eigenvalue weighted by Gasteiger charge is -2.26. The lowest BCUT2D eigenvalue weighted by atomic mass is 10.2. The smallest absolute Gasteiger partial charge is 0.216 e. The Labute approximate surface area is 206 Å². The molecule has 0 atom stereocenters. The topological polar surface area (TPSA) is 126 Å². The Morgan fingerprint density at radius 2 is 1.91 bits per heavy atom. The second-order valence-corrected chi connectivity index (χ2v) is 9.06. The molecule has 0 saturated carbocycles. The summed E-state index contributed by atoms with van der Waals surface area (Å²) in [6.45, 7) is 4.91. The number of nitrogens with zero attached hydrogens (tertiary/aromatic N) is 7. The van der Waals surface area contributed by atoms with Gasteiger partial charge in [0.2, 0.25) is 5.82 Å². The highest BCUT2D eigenvalue weighted by Crippen LogP contribution is 2.29. The molecule has 3 aromatic heterocycles. The number of ether oxygens (including phenoxy) is 1. The highest BCUT2D eigenvalue weighted by Gasteiger charge is 2.15. The van der Waals surface area contributed by atoms with E-state index in [1.54, 1.807) is 6.20 Å². The minimum atomic E-state index is 0.135. The number of hydrogen-bond donors (Lipinski definition) is 3. The molecule has 12 heteroatoms. The van der Waals surface area contributed by atoms with E-state index >= 15 is 0 Å². The van der Waals surface area contributed by atoms with Crippen molar-refractivity contribution in [1.29, 1.82) is 0 Å². The number of aromatic nitrogens is 6. The summed E-state index contributed by atoms with van der Waals surface area (Å²) >= 11 is 1.44. The van der Waals surface area contributed by atoms with Gasteiger partial charge in [-0.1, -0.05) is 29.5 Å². The van der Waals surface area contributed by atoms with Gasteiger partial charge in [0, 0.05) is 32.8 Å². The van der Waals surface area contributed by atoms with E-state index in [4.69, 9.17) is 14.8 Å². The van der Waals surface area contributed by atoms with Gasteiger partial charge in [-0.3, -0.25) is 4.90 Å². The van der Waals surface area contributed by atoms with Crippen LogP contribution in [0.5, 0.6) is 0 Å². The normalized spacial score (nSPS) is 14.2. The van der Waals surface area contributed by atoms with Crippen molar-refractivity contribution in [2.45, 2.75) is 13.0 Å². The Morgan fingerprint density at radius 1 is 1.09 bits per heavy atom. The Hall–Kier alpha value is -3.45. The number of tetrazole rings is 1. The zero-order valence-electron chi connectivity index (χ0n) is 19.2. The minimum absolute atomic E-state index is 0.135. The molecule has 0 spiro atoms. The third kappa shape index (κ3) is 6.17. The Kier molecular flexibility index (Phi) is 7.53. The lowest BCUT2D eigenvalue weighted by Crippen LogP contribution is -2.35. The fraction of sp³-hybridized carbons (Fsp3) is 0.348. The molecule has 0 unspecified atom stereocenters. The first-order valence-electron chi connectivity index (χ1n) is 11.5. The molecular formula is C23H27N9O2S. The fourth-order valence-electron chi connectivity index (χ4n) is 3.67. The molecule has 0 aliphatic carbocycles. The van der Waals surface area contributed by atoms with E-state index in [-0.39, 0.29) is 6.61 Å². The molecule has 11 nitrogen and oxygen atoms in total. The summed E-state index contributed by atoms with van der Waals surface area (Å²) in [6, 6.07) is 13.7. The van der Waals surface area contributed by atoms with Gasteiger partial charge in [-0.05, 0) is 41.5 Å². The van der Waals surface area contributed by atoms with E-state index in [0.717, 1.165) is 54.8 Å². The summed E-state index contributed by atoms with van der Waals surface area (Å²) in [6.07, 6.45) is 2.39. The molecule has 182 valence electrons. The van der Waals surface area contributed by atoms with E-state index < -0.39 is 0 Å². The van der Waals surface area contributed by atoms with Crippen LogP contribution in [-0.2, 0) is 11.3 Å². The first-order valence-corrected chi connectivity index (χ1v) is 12.3. The number of aliphatic hydroxyl groups is 1. The molecule has 35 heavy (non-hydrogen) atoms. The number of pyridine rings is 1. The van der Waals surface area contributed by atoms with Crippen molar-refractivity contribution in [2.24, 2.45) is 0 Å². The maximum Gasteiger partial charge on any atom is 0.216 e. The molecule has 5 rings (SSSR count). The van der Waals surface area contributed by atoms with E-state index in [9.17, 15) is 0 Å². The summed E-state index contributed by atoms with van der Waals surface area (Å²) in [7, 11) is 0. The molecule has 0 bridgehead atoms. The van der Waals surface area contributed by atoms with Crippen LogP contribution in [0.2, 0.25) is 0 Å². The third-order valence-electron chi connectivity index (χ3n) is 5.40. The van der Waals surface area contributed by atoms with Gasteiger partial charge in [0.05, 0.1) is 30.0 Å². The van der Waals surface area contributed by atoms with Crippen molar-refractivity contribution >= 4 is 28.1 Å². The van der Waals surface area contributed by atoms with Gasteiger partial charge in [-0.2, -0.15) is 0 Å². The van der Waals surface area contributed by atoms with Crippen LogP contribution >= 0.6 is 11.3 Å². The Morgan fingerprint density at radius 3 is 2.74 bits per heavy atom. The Bertz CT molecular complexity index is 1220. The number of benzene rings is 1. The van der Waals surface area contributed by atoms with Crippen LogP contribution in [0.3, 0.4) is 0 Å². The summed E-state index contributed by atoms with van der Waals surface area (Å²) < 4.78 is 5.47. The van der Waals surface area contributed by atoms with Crippen molar-refractivity contribution in [1.82, 2.24) is 35.1 Å². The summed E-state index contributed by atoms with van der Waals surface area (Å²) in [5.41, 5.74) is 1.98. The average Bonchev–Trinajstić information content (AvgIpc) is 3.55. The maximum atomic E-state index is 9.11. The minimum Gasteiger partial charge on any atom is -0.396 e. The third-order valence-corrected chi connectivity index (χ3v) is 6.31. The van der Waals surface area contributed by atoms with E-state index in [1.165, 1.54) is 16.1 Å². The molecule has 4 aromatic rings. The second kappa shape index (κ2) is 11.3. The lowest BCUT2D eigenvalue weighted by molar-refractivity contribution is 0.0342. The number of aliphatic hydroxyl groups excluding tert-OH is 1. The van der Waals surface area contributed by atoms with Gasteiger partial charge < -0.3 is 20.5 Å². The highest BCUT2D eigenvalue weighted by molar-refractivity contribution is 7.18. The number of hydrogen-bond acceptors (Lipinski definition) is 11. The maximum absolute atomic E-state index is 9.11. The SMILES string of the molecule is OCCCNc1cc(CN2CCOCC2)cc(Nc2ncc(-c3nnn(-c4ccccc4)n3)s2)n1. The van der Waals surface area contributed by atoms with Crippen LogP contribution < -0.4 is 10.6 Å². The number of rotatable bonds is 10. The standard InChI is InChI=1S/C23H27N9O2S/c33-10-4-7-24-20-13-17(16-31-8-11-34-12-9-31)14-21(26-20)27-23-25-15-19(35-23)22-28-30-32(29-22)18-5-2-1-3-6-18/h1-3,5-6,13-15,33H,4,7-12,16H2,(H2,24,25,26,27). The van der Waals surface area contributed by atoms with E-state index in [2.05, 4.69) is 42.0 Å². The van der Waals surface area contributed by atoms with Crippen molar-refractivity contribution in [2.75, 3.05) is 50.1 Å². The average molecular weight is 494 g/mol. The molecule has 1 aliphatic rings. The molecule has 3 N–H and O–H groups in total. The molecule has 4 heterocycles. The highest BCUT2D eigenvalue weighted by atomic mass is 32.1. The zero-order valence-corrected chi connectivity index (χ0v) is 20.0. The number of anilines is 3. The molecule has 1 aliphatic heterocycles. The van der Waals surface area contributed by atoms with Crippen LogP contribution in [0.25, 0.3) is 16.4 Å². The van der Waals surface area contributed by atoms with Crippen LogP contribution in [0.15, 0.2) is 48.7 Å². The van der Waals surface area contributed by atoms with Crippen molar-refractivity contribution in [3.63, 3.8) is 0 Å². The van der Waals surface area contributed by atoms with E-state index in [1.807, 2.05) is 36.4 Å². The zero-order chi connectivity index (χ0) is 23.9. The first-order chi connectivity index (χ1) is 17.3. The summed E-state index contributed by atoms with van der Waals surface area (Å²) in [5, 5.41) is 29.2. The number of morpholine rings is 1. The van der Waals surface area contributed by atoms with Crippen LogP contribution in [0.4, 0.5) is 16.8 Å². The van der Waals surface area contributed by atoms with Crippen molar-refractivity contribution in [3.8, 4) is 16.4 Å². The Balaban J connectivity index is 1.32. The predicted molar refractivity (Wildman–Crippen MR) is 134 cm³/mol. The predicted octanol–water partition coefficient (Wildman–Crippen LogP) is 2.55. The van der Waals surface area contributed by atoms with Gasteiger partial charge in [-0.25, -0.2) is 9.97 Å². The summed E-state index contributed by atoms with van der Waals surface area (Å²) in [4.78, 5) is 13.9. The number of para-hydroxylation sites is 1. The largest absolute Gasteiger partial charge is 0.396 e. The van der Waals surface area contributed by atoms with Gasteiger partial charge in [0.15, 0.2) is 5.13 Å². The van der Waals surface area contributed by atoms with E-state index in [0.29, 0.717) is 29.7 Å². The number of thiazole rings is 1. The molecule has 1 fully saturated rings. The quantitative estimate of drug-likeness (QED) is 0.284. The monoisotopic (exact) mass is 493 g/mol. The first kappa shape index (κ1) is 23.3. The van der Waals surface area contributed by atoms with Crippen LogP contribution in [0, 0.1) is 0 Å². The second-order valence-electron chi connectivity index (χ2n) is 8.03. The molecule has 0 amide bonds. The summed E-state index contributed by atoms with van der Waals surface area (Å²) in [5.74, 6) is 1.97. The molecular weight excluding hydrogens is 466 g/mol. The fourth-order valence-corrected chi connectivity index (χ4v) is 4.42. The van der Waals surface area contributed by atoms with Gasteiger partial charge in [-0.15, -0.1) is 15.0 Å². The van der Waals surface area contributed by atoms with Crippen LogP contribution in [-0.4, -0.2) is 79.6 Å². The van der Waals surface area contributed by atoms with Gasteiger partial charge >= 0.3 is 0 Å². The number of nitrogens with one attached hydrogen (secondary N) is 2. The molecule has 1 saturated heterocycles. The molecule has 0 radical (unpaired) electrons. The van der Waals surface area contributed by atoms with Gasteiger partial charge in [0.1, 0.15) is 11.6 Å². The van der Waals surface area contributed by atoms with Gasteiger partial charge in [0.25, 0.3) is 0 Å². The van der Waals surface area contributed by atoms with Crippen LogP contribution in [0.1, 0.15) is 12.0 Å².